The molecule has 3 heteroatoms. The number of ether oxygens (including phenoxy) is 2. The van der Waals surface area contributed by atoms with Crippen LogP contribution in [0.15, 0.2) is 30.3 Å². The summed E-state index contributed by atoms with van der Waals surface area (Å²) in [7, 11) is 2.00. The van der Waals surface area contributed by atoms with Crippen molar-refractivity contribution in [3.63, 3.8) is 0 Å². The smallest absolute Gasteiger partial charge is 0.0718 e. The summed E-state index contributed by atoms with van der Waals surface area (Å²) >= 11 is 0. The summed E-state index contributed by atoms with van der Waals surface area (Å²) in [6.45, 7) is 2.81. The van der Waals surface area contributed by atoms with E-state index in [2.05, 4.69) is 17.4 Å². The first-order valence-corrected chi connectivity index (χ1v) is 6.23. The highest BCUT2D eigenvalue weighted by Gasteiger charge is 2.41. The third-order valence-corrected chi connectivity index (χ3v) is 3.25. The molecule has 1 aromatic rings. The summed E-state index contributed by atoms with van der Waals surface area (Å²) in [5.41, 5.74) is 1.49. The van der Waals surface area contributed by atoms with E-state index in [-0.39, 0.29) is 5.54 Å². The Labute approximate surface area is 103 Å². The maximum Gasteiger partial charge on any atom is 0.0718 e. The second-order valence-corrected chi connectivity index (χ2v) is 4.62. The van der Waals surface area contributed by atoms with Crippen molar-refractivity contribution < 1.29 is 9.47 Å². The second-order valence-electron chi connectivity index (χ2n) is 4.62. The van der Waals surface area contributed by atoms with E-state index in [0.717, 1.165) is 6.61 Å². The number of hydrogen-bond donors (Lipinski definition) is 1. The van der Waals surface area contributed by atoms with Crippen molar-refractivity contribution in [3.05, 3.63) is 35.9 Å². The molecule has 1 aliphatic carbocycles. The SMILES string of the molecule is CNC1(COCCOCc2ccccc2)CC1. The Morgan fingerprint density at radius 2 is 1.82 bits per heavy atom. The van der Waals surface area contributed by atoms with Gasteiger partial charge in [0.1, 0.15) is 0 Å². The lowest BCUT2D eigenvalue weighted by Gasteiger charge is -2.14. The highest BCUT2D eigenvalue weighted by Crippen LogP contribution is 2.34. The first-order chi connectivity index (χ1) is 8.35. The molecule has 0 heterocycles. The molecule has 0 atom stereocenters. The third kappa shape index (κ3) is 4.11. The number of benzene rings is 1. The van der Waals surface area contributed by atoms with Gasteiger partial charge in [0.05, 0.1) is 26.4 Å². The highest BCUT2D eigenvalue weighted by atomic mass is 16.5. The highest BCUT2D eigenvalue weighted by molar-refractivity contribution is 5.13. The van der Waals surface area contributed by atoms with Crippen molar-refractivity contribution in [1.82, 2.24) is 5.32 Å². The van der Waals surface area contributed by atoms with Crippen LogP contribution >= 0.6 is 0 Å². The van der Waals surface area contributed by atoms with Gasteiger partial charge in [-0.05, 0) is 25.5 Å². The zero-order chi connectivity index (χ0) is 12.0. The lowest BCUT2D eigenvalue weighted by Crippen LogP contribution is -2.33. The molecular weight excluding hydrogens is 214 g/mol. The Bertz CT molecular complexity index is 322. The van der Waals surface area contributed by atoms with Crippen LogP contribution in [0.2, 0.25) is 0 Å². The van der Waals surface area contributed by atoms with Crippen LogP contribution < -0.4 is 5.32 Å². The molecule has 1 fully saturated rings. The van der Waals surface area contributed by atoms with Gasteiger partial charge in [0.2, 0.25) is 0 Å². The van der Waals surface area contributed by atoms with Crippen LogP contribution in [-0.4, -0.2) is 32.4 Å². The Balaban J connectivity index is 1.50. The summed E-state index contributed by atoms with van der Waals surface area (Å²) in [6, 6.07) is 10.2. The predicted octanol–water partition coefficient (Wildman–Crippen LogP) is 1.97. The lowest BCUT2D eigenvalue weighted by atomic mass is 10.2. The average Bonchev–Trinajstić information content (AvgIpc) is 3.16. The van der Waals surface area contributed by atoms with Gasteiger partial charge in [0, 0.05) is 5.54 Å². The van der Waals surface area contributed by atoms with Crippen molar-refractivity contribution >= 4 is 0 Å². The summed E-state index contributed by atoms with van der Waals surface area (Å²) in [5.74, 6) is 0. The number of nitrogens with one attached hydrogen (secondary N) is 1. The average molecular weight is 235 g/mol. The van der Waals surface area contributed by atoms with E-state index in [1.165, 1.54) is 18.4 Å². The van der Waals surface area contributed by atoms with Crippen LogP contribution in [0.25, 0.3) is 0 Å². The quantitative estimate of drug-likeness (QED) is 0.699. The van der Waals surface area contributed by atoms with Crippen molar-refractivity contribution in [2.24, 2.45) is 0 Å². The molecule has 0 amide bonds. The summed E-state index contributed by atoms with van der Waals surface area (Å²) in [4.78, 5) is 0. The second kappa shape index (κ2) is 6.15. The Morgan fingerprint density at radius 3 is 2.47 bits per heavy atom. The van der Waals surface area contributed by atoms with Gasteiger partial charge in [-0.3, -0.25) is 0 Å². The van der Waals surface area contributed by atoms with Crippen LogP contribution in [0.4, 0.5) is 0 Å². The van der Waals surface area contributed by atoms with Gasteiger partial charge in [-0.1, -0.05) is 30.3 Å². The fourth-order valence-electron chi connectivity index (χ4n) is 1.77. The van der Waals surface area contributed by atoms with Gasteiger partial charge in [-0.25, -0.2) is 0 Å². The predicted molar refractivity (Wildman–Crippen MR) is 67.9 cm³/mol. The van der Waals surface area contributed by atoms with Crippen molar-refractivity contribution in [1.29, 1.82) is 0 Å². The molecule has 3 nitrogen and oxygen atoms in total. The minimum absolute atomic E-state index is 0.277. The molecule has 2 rings (SSSR count). The first-order valence-electron chi connectivity index (χ1n) is 6.23. The Hall–Kier alpha value is -0.900. The largest absolute Gasteiger partial charge is 0.377 e. The fourth-order valence-corrected chi connectivity index (χ4v) is 1.77. The molecule has 0 aliphatic heterocycles. The molecule has 1 aromatic carbocycles. The molecule has 0 unspecified atom stereocenters. The molecule has 1 aliphatic rings. The van der Waals surface area contributed by atoms with Crippen molar-refractivity contribution in [3.8, 4) is 0 Å². The van der Waals surface area contributed by atoms with E-state index < -0.39 is 0 Å². The zero-order valence-electron chi connectivity index (χ0n) is 10.4. The summed E-state index contributed by atoms with van der Waals surface area (Å²) in [6.07, 6.45) is 2.46. The standard InChI is InChI=1S/C14H21NO2/c1-15-14(7-8-14)12-17-10-9-16-11-13-5-3-2-4-6-13/h2-6,15H,7-12H2,1H3. The zero-order valence-corrected chi connectivity index (χ0v) is 10.4. The van der Waals surface area contributed by atoms with Crippen LogP contribution in [0.1, 0.15) is 18.4 Å². The van der Waals surface area contributed by atoms with E-state index in [1.807, 2.05) is 25.2 Å². The molecule has 0 spiro atoms. The molecular formula is C14H21NO2. The number of rotatable bonds is 8. The molecule has 17 heavy (non-hydrogen) atoms. The van der Waals surface area contributed by atoms with Gasteiger partial charge in [-0.2, -0.15) is 0 Å². The topological polar surface area (TPSA) is 30.5 Å². The maximum atomic E-state index is 5.60. The molecule has 1 saturated carbocycles. The van der Waals surface area contributed by atoms with E-state index >= 15 is 0 Å². The van der Waals surface area contributed by atoms with E-state index in [9.17, 15) is 0 Å². The van der Waals surface area contributed by atoms with Gasteiger partial charge in [0.25, 0.3) is 0 Å². The fraction of sp³-hybridized carbons (Fsp3) is 0.571. The Morgan fingerprint density at radius 1 is 1.12 bits per heavy atom. The van der Waals surface area contributed by atoms with E-state index in [4.69, 9.17) is 9.47 Å². The van der Waals surface area contributed by atoms with Gasteiger partial charge in [0.15, 0.2) is 0 Å². The monoisotopic (exact) mass is 235 g/mol. The molecule has 94 valence electrons. The van der Waals surface area contributed by atoms with E-state index in [1.54, 1.807) is 0 Å². The summed E-state index contributed by atoms with van der Waals surface area (Å²) < 4.78 is 11.1. The van der Waals surface area contributed by atoms with Gasteiger partial charge >= 0.3 is 0 Å². The van der Waals surface area contributed by atoms with Crippen LogP contribution in [0, 0.1) is 0 Å². The maximum absolute atomic E-state index is 5.60. The molecule has 1 N–H and O–H groups in total. The number of likely N-dealkylation sites (N-methyl/N-ethyl adjacent to an activating group) is 1. The lowest BCUT2D eigenvalue weighted by molar-refractivity contribution is 0.0305. The Kier molecular flexibility index (Phi) is 4.54. The first kappa shape index (κ1) is 12.6. The minimum atomic E-state index is 0.277. The van der Waals surface area contributed by atoms with E-state index in [0.29, 0.717) is 19.8 Å². The molecule has 0 saturated heterocycles. The van der Waals surface area contributed by atoms with Crippen LogP contribution in [-0.2, 0) is 16.1 Å². The third-order valence-electron chi connectivity index (χ3n) is 3.25. The van der Waals surface area contributed by atoms with Gasteiger partial charge < -0.3 is 14.8 Å². The number of hydrogen-bond acceptors (Lipinski definition) is 3. The molecule has 0 bridgehead atoms. The van der Waals surface area contributed by atoms with Gasteiger partial charge in [-0.15, -0.1) is 0 Å². The van der Waals surface area contributed by atoms with Crippen molar-refractivity contribution in [2.45, 2.75) is 25.0 Å². The minimum Gasteiger partial charge on any atom is -0.377 e. The van der Waals surface area contributed by atoms with Crippen molar-refractivity contribution in [2.75, 3.05) is 26.9 Å². The molecule has 0 radical (unpaired) electrons. The van der Waals surface area contributed by atoms with Crippen LogP contribution in [0.3, 0.4) is 0 Å². The normalized spacial score (nSPS) is 17.0. The summed E-state index contributed by atoms with van der Waals surface area (Å²) in [5, 5.41) is 3.30. The van der Waals surface area contributed by atoms with Crippen LogP contribution in [0.5, 0.6) is 0 Å². The molecule has 0 aromatic heterocycles.